The lowest BCUT2D eigenvalue weighted by Crippen LogP contribution is -2.42. The molecule has 1 aliphatic heterocycles. The maximum atomic E-state index is 12.0. The lowest BCUT2D eigenvalue weighted by molar-refractivity contribution is -0.117. The van der Waals surface area contributed by atoms with Crippen molar-refractivity contribution in [1.82, 2.24) is 4.90 Å². The van der Waals surface area contributed by atoms with Crippen molar-refractivity contribution in [3.8, 4) is 6.07 Å². The molecule has 0 radical (unpaired) electrons. The number of rotatable bonds is 3. The third-order valence-corrected chi connectivity index (χ3v) is 3.90. The van der Waals surface area contributed by atoms with Gasteiger partial charge in [-0.2, -0.15) is 5.26 Å². The van der Waals surface area contributed by atoms with E-state index in [0.29, 0.717) is 6.54 Å². The minimum absolute atomic E-state index is 0.0103. The number of nitriles is 1. The van der Waals surface area contributed by atoms with Gasteiger partial charge in [0, 0.05) is 18.8 Å². The lowest BCUT2D eigenvalue weighted by atomic mass is 9.82. The molecule has 2 rings (SSSR count). The number of hydrogen-bond donors (Lipinski definition) is 1. The summed E-state index contributed by atoms with van der Waals surface area (Å²) >= 11 is 0. The SMILES string of the molecule is Cc1cccc(NC(=O)CN2CCC(C)(C#N)CC2)c1. The Morgan fingerprint density at radius 2 is 2.15 bits per heavy atom. The van der Waals surface area contributed by atoms with E-state index in [1.54, 1.807) is 0 Å². The van der Waals surface area contributed by atoms with E-state index in [0.717, 1.165) is 37.2 Å². The number of benzene rings is 1. The molecule has 106 valence electrons. The summed E-state index contributed by atoms with van der Waals surface area (Å²) in [5.41, 5.74) is 1.75. The Morgan fingerprint density at radius 3 is 2.75 bits per heavy atom. The van der Waals surface area contributed by atoms with Crippen LogP contribution in [0.3, 0.4) is 0 Å². The van der Waals surface area contributed by atoms with Crippen molar-refractivity contribution in [2.75, 3.05) is 25.0 Å². The van der Waals surface area contributed by atoms with E-state index >= 15 is 0 Å². The van der Waals surface area contributed by atoms with E-state index in [2.05, 4.69) is 16.3 Å². The van der Waals surface area contributed by atoms with Crippen molar-refractivity contribution < 1.29 is 4.79 Å². The fraction of sp³-hybridized carbons (Fsp3) is 0.500. The van der Waals surface area contributed by atoms with Crippen molar-refractivity contribution in [1.29, 1.82) is 5.26 Å². The van der Waals surface area contributed by atoms with E-state index in [4.69, 9.17) is 5.26 Å². The van der Waals surface area contributed by atoms with Crippen LogP contribution in [-0.2, 0) is 4.79 Å². The maximum Gasteiger partial charge on any atom is 0.238 e. The highest BCUT2D eigenvalue weighted by molar-refractivity contribution is 5.92. The Morgan fingerprint density at radius 1 is 1.45 bits per heavy atom. The first-order valence-corrected chi connectivity index (χ1v) is 7.01. The Bertz CT molecular complexity index is 525. The van der Waals surface area contributed by atoms with Crippen LogP contribution in [0.15, 0.2) is 24.3 Å². The molecule has 1 aromatic rings. The van der Waals surface area contributed by atoms with Crippen LogP contribution >= 0.6 is 0 Å². The zero-order chi connectivity index (χ0) is 14.6. The molecule has 0 aliphatic carbocycles. The van der Waals surface area contributed by atoms with E-state index < -0.39 is 0 Å². The molecule has 1 saturated heterocycles. The average Bonchev–Trinajstić information content (AvgIpc) is 2.42. The van der Waals surface area contributed by atoms with Gasteiger partial charge in [0.1, 0.15) is 0 Å². The van der Waals surface area contributed by atoms with Crippen LogP contribution in [0, 0.1) is 23.7 Å². The minimum atomic E-state index is -0.219. The third-order valence-electron chi connectivity index (χ3n) is 3.90. The van der Waals surface area contributed by atoms with Gasteiger partial charge in [-0.3, -0.25) is 9.69 Å². The molecule has 20 heavy (non-hydrogen) atoms. The first kappa shape index (κ1) is 14.5. The van der Waals surface area contributed by atoms with Gasteiger partial charge in [0.2, 0.25) is 5.91 Å². The molecule has 0 bridgehead atoms. The second-order valence-electron chi connectivity index (χ2n) is 5.87. The molecule has 0 saturated carbocycles. The summed E-state index contributed by atoms with van der Waals surface area (Å²) in [5.74, 6) is 0.0103. The highest BCUT2D eigenvalue weighted by Crippen LogP contribution is 2.29. The van der Waals surface area contributed by atoms with Crippen LogP contribution in [0.1, 0.15) is 25.3 Å². The highest BCUT2D eigenvalue weighted by Gasteiger charge is 2.30. The number of likely N-dealkylation sites (tertiary alicyclic amines) is 1. The molecule has 1 heterocycles. The van der Waals surface area contributed by atoms with Crippen LogP contribution < -0.4 is 5.32 Å². The van der Waals surface area contributed by atoms with Gasteiger partial charge >= 0.3 is 0 Å². The molecular weight excluding hydrogens is 250 g/mol. The summed E-state index contributed by atoms with van der Waals surface area (Å²) in [6, 6.07) is 10.2. The lowest BCUT2D eigenvalue weighted by Gasteiger charge is -2.34. The molecule has 1 aromatic carbocycles. The van der Waals surface area contributed by atoms with Crippen LogP contribution in [0.2, 0.25) is 0 Å². The van der Waals surface area contributed by atoms with Gasteiger partial charge in [0.05, 0.1) is 18.0 Å². The molecule has 1 amide bonds. The van der Waals surface area contributed by atoms with Crippen molar-refractivity contribution in [3.63, 3.8) is 0 Å². The second-order valence-corrected chi connectivity index (χ2v) is 5.87. The van der Waals surface area contributed by atoms with E-state index in [9.17, 15) is 4.79 Å². The molecule has 4 nitrogen and oxygen atoms in total. The van der Waals surface area contributed by atoms with Gasteiger partial charge in [-0.25, -0.2) is 0 Å². The van der Waals surface area contributed by atoms with Crippen LogP contribution in [0.4, 0.5) is 5.69 Å². The first-order chi connectivity index (χ1) is 9.50. The molecule has 0 aromatic heterocycles. The molecular formula is C16H21N3O. The molecule has 1 aliphatic rings. The summed E-state index contributed by atoms with van der Waals surface area (Å²) in [6.07, 6.45) is 1.67. The molecule has 1 N–H and O–H groups in total. The summed E-state index contributed by atoms with van der Waals surface area (Å²) in [7, 11) is 0. The van der Waals surface area contributed by atoms with Gasteiger partial charge in [-0.05, 0) is 44.4 Å². The number of carbonyl (C=O) groups is 1. The second kappa shape index (κ2) is 6.06. The number of nitrogens with zero attached hydrogens (tertiary/aromatic N) is 2. The predicted octanol–water partition coefficient (Wildman–Crippen LogP) is 2.56. The number of piperidine rings is 1. The van der Waals surface area contributed by atoms with Gasteiger partial charge in [-0.1, -0.05) is 12.1 Å². The van der Waals surface area contributed by atoms with E-state index in [1.807, 2.05) is 38.1 Å². The van der Waals surface area contributed by atoms with Gasteiger partial charge in [0.15, 0.2) is 0 Å². The predicted molar refractivity (Wildman–Crippen MR) is 79.2 cm³/mol. The standard InChI is InChI=1S/C16H21N3O/c1-13-4-3-5-14(10-13)18-15(20)11-19-8-6-16(2,12-17)7-9-19/h3-5,10H,6-9,11H2,1-2H3,(H,18,20). The number of hydrogen-bond acceptors (Lipinski definition) is 3. The number of carbonyl (C=O) groups excluding carboxylic acids is 1. The maximum absolute atomic E-state index is 12.0. The van der Waals surface area contributed by atoms with Gasteiger partial charge in [-0.15, -0.1) is 0 Å². The topological polar surface area (TPSA) is 56.1 Å². The molecule has 0 spiro atoms. The molecule has 4 heteroatoms. The summed E-state index contributed by atoms with van der Waals surface area (Å²) in [6.45, 7) is 6.02. The van der Waals surface area contributed by atoms with Crippen LogP contribution in [0.5, 0.6) is 0 Å². The zero-order valence-electron chi connectivity index (χ0n) is 12.1. The zero-order valence-corrected chi connectivity index (χ0v) is 12.1. The summed E-state index contributed by atoms with van der Waals surface area (Å²) in [4.78, 5) is 14.1. The first-order valence-electron chi connectivity index (χ1n) is 7.01. The van der Waals surface area contributed by atoms with E-state index in [-0.39, 0.29) is 11.3 Å². The molecule has 0 unspecified atom stereocenters. The monoisotopic (exact) mass is 271 g/mol. The van der Waals surface area contributed by atoms with E-state index in [1.165, 1.54) is 0 Å². The number of aryl methyl sites for hydroxylation is 1. The minimum Gasteiger partial charge on any atom is -0.325 e. The molecule has 1 fully saturated rings. The fourth-order valence-electron chi connectivity index (χ4n) is 2.44. The average molecular weight is 271 g/mol. The number of amides is 1. The van der Waals surface area contributed by atoms with Crippen LogP contribution in [0.25, 0.3) is 0 Å². The van der Waals surface area contributed by atoms with Crippen molar-refractivity contribution >= 4 is 11.6 Å². The Labute approximate surface area is 120 Å². The van der Waals surface area contributed by atoms with Crippen molar-refractivity contribution in [2.45, 2.75) is 26.7 Å². The Kier molecular flexibility index (Phi) is 4.41. The Hall–Kier alpha value is -1.86. The van der Waals surface area contributed by atoms with Crippen molar-refractivity contribution in [2.24, 2.45) is 5.41 Å². The Balaban J connectivity index is 1.83. The summed E-state index contributed by atoms with van der Waals surface area (Å²) < 4.78 is 0. The van der Waals surface area contributed by atoms with Gasteiger partial charge in [0.25, 0.3) is 0 Å². The summed E-state index contributed by atoms with van der Waals surface area (Å²) in [5, 5.41) is 12.0. The highest BCUT2D eigenvalue weighted by atomic mass is 16.2. The largest absolute Gasteiger partial charge is 0.325 e. The third kappa shape index (κ3) is 3.82. The smallest absolute Gasteiger partial charge is 0.238 e. The normalized spacial score (nSPS) is 18.2. The number of anilines is 1. The quantitative estimate of drug-likeness (QED) is 0.919. The van der Waals surface area contributed by atoms with Crippen LogP contribution in [-0.4, -0.2) is 30.4 Å². The van der Waals surface area contributed by atoms with Gasteiger partial charge < -0.3 is 5.32 Å². The molecule has 0 atom stereocenters. The number of nitrogens with one attached hydrogen (secondary N) is 1. The fourth-order valence-corrected chi connectivity index (χ4v) is 2.44. The van der Waals surface area contributed by atoms with Crippen molar-refractivity contribution in [3.05, 3.63) is 29.8 Å².